The maximum atomic E-state index is 12.0. The minimum atomic E-state index is 0.0666. The van der Waals surface area contributed by atoms with Gasteiger partial charge in [0.15, 0.2) is 5.82 Å². The number of piperidine rings is 1. The van der Waals surface area contributed by atoms with Crippen LogP contribution in [-0.4, -0.2) is 33.3 Å². The maximum Gasteiger partial charge on any atom is 0.225 e. The summed E-state index contributed by atoms with van der Waals surface area (Å²) in [6.45, 7) is 3.51. The molecule has 1 fully saturated rings. The first-order chi connectivity index (χ1) is 8.18. The molecule has 2 atom stereocenters. The van der Waals surface area contributed by atoms with Crippen LogP contribution in [0.1, 0.15) is 25.6 Å². The van der Waals surface area contributed by atoms with E-state index in [0.29, 0.717) is 6.54 Å². The molecule has 0 spiro atoms. The molecular weight excluding hydrogens is 218 g/mol. The Morgan fingerprint density at radius 1 is 1.71 bits per heavy atom. The SMILES string of the molecule is CC1NCCCC1C(=O)NCc1nncn1C. The van der Waals surface area contributed by atoms with Gasteiger partial charge in [-0.25, -0.2) is 0 Å². The first-order valence-electron chi connectivity index (χ1n) is 6.02. The highest BCUT2D eigenvalue weighted by Crippen LogP contribution is 2.16. The van der Waals surface area contributed by atoms with E-state index in [2.05, 4.69) is 27.8 Å². The Morgan fingerprint density at radius 3 is 3.18 bits per heavy atom. The molecule has 1 aromatic heterocycles. The summed E-state index contributed by atoms with van der Waals surface area (Å²) < 4.78 is 1.81. The molecule has 17 heavy (non-hydrogen) atoms. The van der Waals surface area contributed by atoms with Gasteiger partial charge in [-0.05, 0) is 26.3 Å². The summed E-state index contributed by atoms with van der Waals surface area (Å²) in [5.74, 6) is 0.944. The summed E-state index contributed by atoms with van der Waals surface area (Å²) in [5.41, 5.74) is 0. The average Bonchev–Trinajstić information content (AvgIpc) is 2.72. The highest BCUT2D eigenvalue weighted by atomic mass is 16.1. The Balaban J connectivity index is 1.86. The van der Waals surface area contributed by atoms with Crippen molar-refractivity contribution in [1.29, 1.82) is 0 Å². The van der Waals surface area contributed by atoms with Crippen molar-refractivity contribution in [3.05, 3.63) is 12.2 Å². The predicted octanol–water partition coefficient (Wildman–Crippen LogP) is -0.181. The number of nitrogens with one attached hydrogen (secondary N) is 2. The second-order valence-electron chi connectivity index (χ2n) is 4.57. The van der Waals surface area contributed by atoms with E-state index in [1.165, 1.54) is 0 Å². The minimum Gasteiger partial charge on any atom is -0.349 e. The van der Waals surface area contributed by atoms with Crippen LogP contribution in [0.5, 0.6) is 0 Å². The molecule has 1 saturated heterocycles. The van der Waals surface area contributed by atoms with Gasteiger partial charge in [0.2, 0.25) is 5.91 Å². The third-order valence-electron chi connectivity index (χ3n) is 3.32. The van der Waals surface area contributed by atoms with Gasteiger partial charge in [0.1, 0.15) is 6.33 Å². The Morgan fingerprint density at radius 2 is 2.53 bits per heavy atom. The molecule has 6 heteroatoms. The number of aryl methyl sites for hydroxylation is 1. The molecule has 1 aromatic rings. The van der Waals surface area contributed by atoms with Crippen molar-refractivity contribution >= 4 is 5.91 Å². The molecule has 2 unspecified atom stereocenters. The molecule has 0 radical (unpaired) electrons. The quantitative estimate of drug-likeness (QED) is 0.765. The molecule has 0 bridgehead atoms. The number of carbonyl (C=O) groups is 1. The van der Waals surface area contributed by atoms with Crippen molar-refractivity contribution in [2.75, 3.05) is 6.54 Å². The zero-order valence-electron chi connectivity index (χ0n) is 10.3. The maximum absolute atomic E-state index is 12.0. The minimum absolute atomic E-state index is 0.0666. The predicted molar refractivity (Wildman–Crippen MR) is 63.0 cm³/mol. The molecule has 2 rings (SSSR count). The Hall–Kier alpha value is -1.43. The van der Waals surface area contributed by atoms with Gasteiger partial charge in [0, 0.05) is 13.1 Å². The topological polar surface area (TPSA) is 71.8 Å². The van der Waals surface area contributed by atoms with Crippen LogP contribution >= 0.6 is 0 Å². The van der Waals surface area contributed by atoms with E-state index in [4.69, 9.17) is 0 Å². The number of rotatable bonds is 3. The Bertz CT molecular complexity index is 389. The summed E-state index contributed by atoms with van der Waals surface area (Å²) in [5, 5.41) is 14.0. The highest BCUT2D eigenvalue weighted by molar-refractivity contribution is 5.79. The van der Waals surface area contributed by atoms with Crippen molar-refractivity contribution in [3.8, 4) is 0 Å². The molecule has 6 nitrogen and oxygen atoms in total. The van der Waals surface area contributed by atoms with E-state index in [0.717, 1.165) is 25.2 Å². The first kappa shape index (κ1) is 12.0. The summed E-state index contributed by atoms with van der Waals surface area (Å²) in [6, 6.07) is 0.253. The second kappa shape index (κ2) is 5.27. The van der Waals surface area contributed by atoms with Crippen molar-refractivity contribution in [2.24, 2.45) is 13.0 Å². The lowest BCUT2D eigenvalue weighted by molar-refractivity contribution is -0.126. The zero-order chi connectivity index (χ0) is 12.3. The van der Waals surface area contributed by atoms with Gasteiger partial charge >= 0.3 is 0 Å². The van der Waals surface area contributed by atoms with E-state index in [9.17, 15) is 4.79 Å². The number of carbonyl (C=O) groups excluding carboxylic acids is 1. The largest absolute Gasteiger partial charge is 0.349 e. The van der Waals surface area contributed by atoms with Gasteiger partial charge in [-0.1, -0.05) is 0 Å². The van der Waals surface area contributed by atoms with Crippen LogP contribution < -0.4 is 10.6 Å². The summed E-state index contributed by atoms with van der Waals surface area (Å²) >= 11 is 0. The van der Waals surface area contributed by atoms with E-state index < -0.39 is 0 Å². The lowest BCUT2D eigenvalue weighted by Crippen LogP contribution is -2.46. The first-order valence-corrected chi connectivity index (χ1v) is 6.02. The summed E-state index contributed by atoms with van der Waals surface area (Å²) in [6.07, 6.45) is 3.65. The van der Waals surface area contributed by atoms with Crippen LogP contribution in [-0.2, 0) is 18.4 Å². The van der Waals surface area contributed by atoms with Crippen LogP contribution in [0, 0.1) is 5.92 Å². The molecule has 1 amide bonds. The Labute approximate surface area is 101 Å². The monoisotopic (exact) mass is 237 g/mol. The molecule has 1 aliphatic heterocycles. The smallest absolute Gasteiger partial charge is 0.225 e. The normalized spacial score (nSPS) is 24.6. The fraction of sp³-hybridized carbons (Fsp3) is 0.727. The van der Waals surface area contributed by atoms with E-state index >= 15 is 0 Å². The standard InChI is InChI=1S/C11H19N5O/c1-8-9(4-3-5-12-8)11(17)13-6-10-15-14-7-16(10)2/h7-9,12H,3-6H2,1-2H3,(H,13,17). The van der Waals surface area contributed by atoms with E-state index in [-0.39, 0.29) is 17.9 Å². The fourth-order valence-corrected chi connectivity index (χ4v) is 2.17. The van der Waals surface area contributed by atoms with Crippen molar-refractivity contribution < 1.29 is 4.79 Å². The van der Waals surface area contributed by atoms with E-state index in [1.807, 2.05) is 11.6 Å². The molecule has 0 aliphatic carbocycles. The van der Waals surface area contributed by atoms with Crippen LogP contribution in [0.3, 0.4) is 0 Å². The van der Waals surface area contributed by atoms with Crippen LogP contribution in [0.4, 0.5) is 0 Å². The molecular formula is C11H19N5O. The van der Waals surface area contributed by atoms with E-state index in [1.54, 1.807) is 6.33 Å². The lowest BCUT2D eigenvalue weighted by Gasteiger charge is -2.28. The van der Waals surface area contributed by atoms with Gasteiger partial charge < -0.3 is 15.2 Å². The number of amides is 1. The molecule has 94 valence electrons. The summed E-state index contributed by atoms with van der Waals surface area (Å²) in [7, 11) is 1.87. The average molecular weight is 237 g/mol. The third-order valence-corrected chi connectivity index (χ3v) is 3.32. The number of hydrogen-bond acceptors (Lipinski definition) is 4. The highest BCUT2D eigenvalue weighted by Gasteiger charge is 2.27. The molecule has 2 N–H and O–H groups in total. The summed E-state index contributed by atoms with van der Waals surface area (Å²) in [4.78, 5) is 12.0. The van der Waals surface area contributed by atoms with Crippen molar-refractivity contribution in [3.63, 3.8) is 0 Å². The van der Waals surface area contributed by atoms with Gasteiger partial charge in [0.05, 0.1) is 12.5 Å². The third kappa shape index (κ3) is 2.82. The molecule has 2 heterocycles. The van der Waals surface area contributed by atoms with Gasteiger partial charge in [-0.2, -0.15) is 0 Å². The van der Waals surface area contributed by atoms with Crippen LogP contribution in [0.15, 0.2) is 6.33 Å². The zero-order valence-corrected chi connectivity index (χ0v) is 10.3. The van der Waals surface area contributed by atoms with Gasteiger partial charge in [-0.15, -0.1) is 10.2 Å². The van der Waals surface area contributed by atoms with Crippen molar-refractivity contribution in [1.82, 2.24) is 25.4 Å². The molecule has 0 saturated carbocycles. The lowest BCUT2D eigenvalue weighted by atomic mass is 9.91. The molecule has 1 aliphatic rings. The molecule has 0 aromatic carbocycles. The number of aromatic nitrogens is 3. The van der Waals surface area contributed by atoms with Gasteiger partial charge in [-0.3, -0.25) is 4.79 Å². The van der Waals surface area contributed by atoms with Crippen LogP contribution in [0.2, 0.25) is 0 Å². The van der Waals surface area contributed by atoms with Crippen LogP contribution in [0.25, 0.3) is 0 Å². The fourth-order valence-electron chi connectivity index (χ4n) is 2.17. The second-order valence-corrected chi connectivity index (χ2v) is 4.57. The van der Waals surface area contributed by atoms with Crippen molar-refractivity contribution in [2.45, 2.75) is 32.4 Å². The number of hydrogen-bond donors (Lipinski definition) is 2. The van der Waals surface area contributed by atoms with Gasteiger partial charge in [0.25, 0.3) is 0 Å². The number of nitrogens with zero attached hydrogens (tertiary/aromatic N) is 3. The Kier molecular flexibility index (Phi) is 3.73.